The third-order valence-electron chi connectivity index (χ3n) is 7.42. The molecule has 5 heterocycles. The lowest BCUT2D eigenvalue weighted by Crippen LogP contribution is -2.49. The average molecular weight is 535 g/mol. The Morgan fingerprint density at radius 3 is 2.46 bits per heavy atom. The van der Waals surface area contributed by atoms with Crippen LogP contribution in [0.1, 0.15) is 49.7 Å². The third kappa shape index (κ3) is 5.35. The number of fused-ring (bicyclic) bond motifs is 1. The van der Waals surface area contributed by atoms with Gasteiger partial charge in [-0.1, -0.05) is 24.3 Å². The first-order valence-corrected chi connectivity index (χ1v) is 14.7. The second kappa shape index (κ2) is 10.8. The molecule has 0 radical (unpaired) electrons. The molecule has 0 unspecified atom stereocenters. The molecule has 0 aliphatic carbocycles. The number of aromatic nitrogens is 1. The molecule has 0 bridgehead atoms. The normalized spacial score (nSPS) is 17.5. The number of para-hydroxylation sites is 1. The van der Waals surface area contributed by atoms with Crippen molar-refractivity contribution in [2.24, 2.45) is 0 Å². The van der Waals surface area contributed by atoms with Crippen LogP contribution in [0.2, 0.25) is 0 Å². The van der Waals surface area contributed by atoms with E-state index >= 15 is 0 Å². The Hall–Kier alpha value is -3.01. The summed E-state index contributed by atoms with van der Waals surface area (Å²) in [4.78, 5) is 38.5. The Morgan fingerprint density at radius 2 is 1.70 bits per heavy atom. The highest BCUT2D eigenvalue weighted by Gasteiger charge is 2.29. The van der Waals surface area contributed by atoms with Crippen LogP contribution < -0.4 is 0 Å². The summed E-state index contributed by atoms with van der Waals surface area (Å²) < 4.78 is 5.77. The number of piperidine rings is 1. The summed E-state index contributed by atoms with van der Waals surface area (Å²) in [6, 6.07) is 13.8. The van der Waals surface area contributed by atoms with Crippen LogP contribution in [0.5, 0.6) is 0 Å². The zero-order valence-corrected chi connectivity index (χ0v) is 22.3. The molecule has 0 spiro atoms. The minimum atomic E-state index is -0.0563. The van der Waals surface area contributed by atoms with Crippen molar-refractivity contribution in [3.05, 3.63) is 74.6 Å². The van der Waals surface area contributed by atoms with E-state index in [0.717, 1.165) is 68.0 Å². The number of benzene rings is 1. The molecule has 6 rings (SSSR count). The van der Waals surface area contributed by atoms with Crippen molar-refractivity contribution in [2.45, 2.75) is 25.2 Å². The van der Waals surface area contributed by atoms with E-state index in [1.807, 2.05) is 56.8 Å². The molecule has 2 aliphatic rings. The van der Waals surface area contributed by atoms with E-state index in [9.17, 15) is 9.59 Å². The summed E-state index contributed by atoms with van der Waals surface area (Å²) in [5.41, 5.74) is 1.30. The second-order valence-electron chi connectivity index (χ2n) is 9.75. The molecule has 0 atom stereocenters. The van der Waals surface area contributed by atoms with E-state index in [-0.39, 0.29) is 17.7 Å². The van der Waals surface area contributed by atoms with Gasteiger partial charge >= 0.3 is 0 Å². The summed E-state index contributed by atoms with van der Waals surface area (Å²) in [5.74, 6) is 0.658. The number of furan rings is 1. The second-order valence-corrected chi connectivity index (χ2v) is 11.7. The number of rotatable bonds is 6. The highest BCUT2D eigenvalue weighted by Crippen LogP contribution is 2.32. The van der Waals surface area contributed by atoms with Crippen LogP contribution in [0.3, 0.4) is 0 Å². The van der Waals surface area contributed by atoms with Crippen LogP contribution in [0.4, 0.5) is 0 Å². The quantitative estimate of drug-likeness (QED) is 0.349. The van der Waals surface area contributed by atoms with Gasteiger partial charge in [-0.3, -0.25) is 14.5 Å². The van der Waals surface area contributed by atoms with Crippen LogP contribution in [0.25, 0.3) is 11.0 Å². The Morgan fingerprint density at radius 1 is 0.919 bits per heavy atom. The smallest absolute Gasteiger partial charge is 0.289 e. The molecule has 9 heteroatoms. The van der Waals surface area contributed by atoms with Gasteiger partial charge < -0.3 is 14.2 Å². The summed E-state index contributed by atoms with van der Waals surface area (Å²) in [6.45, 7) is 5.68. The van der Waals surface area contributed by atoms with E-state index in [4.69, 9.17) is 9.40 Å². The molecular weight excluding hydrogens is 504 g/mol. The van der Waals surface area contributed by atoms with Gasteiger partial charge in [-0.05, 0) is 42.8 Å². The molecular formula is C28H30N4O3S2. The van der Waals surface area contributed by atoms with E-state index in [1.165, 1.54) is 4.88 Å². The van der Waals surface area contributed by atoms with Crippen molar-refractivity contribution in [1.82, 2.24) is 19.7 Å². The van der Waals surface area contributed by atoms with Gasteiger partial charge in [-0.25, -0.2) is 4.98 Å². The number of amides is 2. The van der Waals surface area contributed by atoms with Gasteiger partial charge in [-0.15, -0.1) is 22.7 Å². The zero-order chi connectivity index (χ0) is 25.2. The van der Waals surface area contributed by atoms with E-state index in [0.29, 0.717) is 24.5 Å². The fourth-order valence-electron chi connectivity index (χ4n) is 5.21. The lowest BCUT2D eigenvalue weighted by Gasteiger charge is -2.34. The van der Waals surface area contributed by atoms with E-state index in [1.54, 1.807) is 11.3 Å². The molecule has 7 nitrogen and oxygen atoms in total. The molecule has 1 aromatic carbocycles. The molecule has 2 aliphatic heterocycles. The molecule has 2 saturated heterocycles. The Kier molecular flexibility index (Phi) is 7.08. The molecule has 3 aromatic heterocycles. The van der Waals surface area contributed by atoms with Crippen molar-refractivity contribution < 1.29 is 14.0 Å². The number of thiophene rings is 1. The maximum absolute atomic E-state index is 13.1. The first-order chi connectivity index (χ1) is 18.1. The van der Waals surface area contributed by atoms with Crippen molar-refractivity contribution in [1.29, 1.82) is 0 Å². The van der Waals surface area contributed by atoms with Gasteiger partial charge in [0.05, 0.1) is 5.01 Å². The summed E-state index contributed by atoms with van der Waals surface area (Å²) in [6.07, 6.45) is 2.76. The number of piperazine rings is 1. The van der Waals surface area contributed by atoms with Gasteiger partial charge in [0, 0.05) is 67.4 Å². The largest absolute Gasteiger partial charge is 0.451 e. The highest BCUT2D eigenvalue weighted by molar-refractivity contribution is 7.10. The summed E-state index contributed by atoms with van der Waals surface area (Å²) >= 11 is 3.38. The third-order valence-corrected chi connectivity index (χ3v) is 9.37. The van der Waals surface area contributed by atoms with Gasteiger partial charge in [-0.2, -0.15) is 0 Å². The number of nitrogens with zero attached hydrogens (tertiary/aromatic N) is 4. The average Bonchev–Trinajstić information content (AvgIpc) is 3.72. The van der Waals surface area contributed by atoms with Crippen molar-refractivity contribution in [3.63, 3.8) is 0 Å². The van der Waals surface area contributed by atoms with Crippen LogP contribution in [0.15, 0.2) is 57.6 Å². The number of hydrogen-bond acceptors (Lipinski definition) is 7. The maximum atomic E-state index is 13.1. The van der Waals surface area contributed by atoms with Crippen LogP contribution in [-0.4, -0.2) is 77.3 Å². The summed E-state index contributed by atoms with van der Waals surface area (Å²) in [5, 5.41) is 5.99. The van der Waals surface area contributed by atoms with Gasteiger partial charge in [0.15, 0.2) is 5.76 Å². The number of carbonyl (C=O) groups excluding carboxylic acids is 2. The van der Waals surface area contributed by atoms with Gasteiger partial charge in [0.1, 0.15) is 11.3 Å². The fourth-order valence-corrected chi connectivity index (χ4v) is 6.87. The lowest BCUT2D eigenvalue weighted by atomic mass is 9.97. The number of carbonyl (C=O) groups is 2. The fraction of sp³-hybridized carbons (Fsp3) is 0.393. The first kappa shape index (κ1) is 24.3. The van der Waals surface area contributed by atoms with Crippen LogP contribution >= 0.6 is 22.7 Å². The molecule has 0 saturated carbocycles. The lowest BCUT2D eigenvalue weighted by molar-refractivity contribution is 0.0633. The maximum Gasteiger partial charge on any atom is 0.289 e. The number of thiazole rings is 1. The minimum absolute atomic E-state index is 0.0397. The van der Waals surface area contributed by atoms with Crippen molar-refractivity contribution in [3.8, 4) is 0 Å². The molecule has 37 heavy (non-hydrogen) atoms. The molecule has 0 N–H and O–H groups in total. The van der Waals surface area contributed by atoms with Crippen LogP contribution in [0, 0.1) is 0 Å². The Labute approximate surface area is 224 Å². The predicted octanol–water partition coefficient (Wildman–Crippen LogP) is 4.97. The standard InChI is InChI=1S/C28H30N4O3S2/c33-27(32-15-13-30(14-16-32)10-9-22-5-3-17-36-22)23-19-37-26(29-23)20-7-11-31(12-8-20)28(34)25-18-21-4-1-2-6-24(21)35-25/h1-6,17-20H,7-16H2. The molecule has 2 amide bonds. The Bertz CT molecular complexity index is 1330. The highest BCUT2D eigenvalue weighted by atomic mass is 32.1. The van der Waals surface area contributed by atoms with E-state index in [2.05, 4.69) is 22.4 Å². The topological polar surface area (TPSA) is 69.9 Å². The number of likely N-dealkylation sites (tertiary alicyclic amines) is 1. The Balaban J connectivity index is 0.995. The zero-order valence-electron chi connectivity index (χ0n) is 20.7. The molecule has 2 fully saturated rings. The van der Waals surface area contributed by atoms with Crippen molar-refractivity contribution in [2.75, 3.05) is 45.8 Å². The number of hydrogen-bond donors (Lipinski definition) is 0. The SMILES string of the molecule is O=C(c1csc(C2CCN(C(=O)c3cc4ccccc4o3)CC2)n1)N1CCN(CCc2cccs2)CC1. The van der Waals surface area contributed by atoms with Crippen molar-refractivity contribution >= 4 is 45.5 Å². The monoisotopic (exact) mass is 534 g/mol. The van der Waals surface area contributed by atoms with Gasteiger partial charge in [0.25, 0.3) is 11.8 Å². The molecule has 4 aromatic rings. The molecule has 192 valence electrons. The van der Waals surface area contributed by atoms with Gasteiger partial charge in [0.2, 0.25) is 0 Å². The van der Waals surface area contributed by atoms with Crippen LogP contribution in [-0.2, 0) is 6.42 Å². The predicted molar refractivity (Wildman–Crippen MR) is 147 cm³/mol. The van der Waals surface area contributed by atoms with E-state index < -0.39 is 0 Å². The first-order valence-electron chi connectivity index (χ1n) is 12.9. The summed E-state index contributed by atoms with van der Waals surface area (Å²) in [7, 11) is 0. The minimum Gasteiger partial charge on any atom is -0.451 e.